The molecular formula is C11H9NO2S. The fourth-order valence-electron chi connectivity index (χ4n) is 1.29. The van der Waals surface area contributed by atoms with Gasteiger partial charge in [0.25, 0.3) is 0 Å². The van der Waals surface area contributed by atoms with Crippen molar-refractivity contribution in [1.82, 2.24) is 4.98 Å². The van der Waals surface area contributed by atoms with Gasteiger partial charge in [-0.05, 0) is 30.0 Å². The van der Waals surface area contributed by atoms with Gasteiger partial charge in [0.2, 0.25) is 0 Å². The van der Waals surface area contributed by atoms with E-state index in [1.54, 1.807) is 23.6 Å². The van der Waals surface area contributed by atoms with Gasteiger partial charge in [-0.3, -0.25) is 0 Å². The first-order valence-corrected chi connectivity index (χ1v) is 5.29. The summed E-state index contributed by atoms with van der Waals surface area (Å²) in [4.78, 5) is 15.7. The molecule has 2 heterocycles. The Kier molecular flexibility index (Phi) is 2.51. The summed E-state index contributed by atoms with van der Waals surface area (Å²) in [5, 5.41) is 10.7. The second-order valence-corrected chi connectivity index (χ2v) is 4.30. The highest BCUT2D eigenvalue weighted by atomic mass is 32.1. The molecule has 0 aliphatic rings. The van der Waals surface area contributed by atoms with Gasteiger partial charge in [0.1, 0.15) is 5.69 Å². The predicted octanol–water partition coefficient (Wildman–Crippen LogP) is 2.82. The van der Waals surface area contributed by atoms with Crippen molar-refractivity contribution in [2.45, 2.75) is 6.92 Å². The molecule has 0 saturated heterocycles. The van der Waals surface area contributed by atoms with E-state index in [1.165, 1.54) is 10.9 Å². The highest BCUT2D eigenvalue weighted by molar-refractivity contribution is 7.10. The van der Waals surface area contributed by atoms with Gasteiger partial charge in [-0.2, -0.15) is 0 Å². The molecule has 1 N–H and O–H groups in total. The Morgan fingerprint density at radius 2 is 2.20 bits per heavy atom. The summed E-state index contributed by atoms with van der Waals surface area (Å²) in [6, 6.07) is 5.35. The SMILES string of the molecule is Cc1cc(-c2ccc(C(=O)O)nc2)cs1. The number of carboxylic acid groups (broad SMARTS) is 1. The summed E-state index contributed by atoms with van der Waals surface area (Å²) < 4.78 is 0. The van der Waals surface area contributed by atoms with Crippen LogP contribution in [0.5, 0.6) is 0 Å². The minimum atomic E-state index is -0.997. The first-order valence-electron chi connectivity index (χ1n) is 4.41. The molecule has 2 rings (SSSR count). The molecule has 0 amide bonds. The Morgan fingerprint density at radius 3 is 2.67 bits per heavy atom. The van der Waals surface area contributed by atoms with Gasteiger partial charge >= 0.3 is 5.97 Å². The van der Waals surface area contributed by atoms with Crippen molar-refractivity contribution >= 4 is 17.3 Å². The van der Waals surface area contributed by atoms with E-state index in [0.29, 0.717) is 0 Å². The third-order valence-electron chi connectivity index (χ3n) is 2.05. The van der Waals surface area contributed by atoms with Crippen molar-refractivity contribution in [3.05, 3.63) is 40.3 Å². The lowest BCUT2D eigenvalue weighted by Gasteiger charge is -1.97. The summed E-state index contributed by atoms with van der Waals surface area (Å²) >= 11 is 1.67. The zero-order chi connectivity index (χ0) is 10.8. The average Bonchev–Trinajstić information content (AvgIpc) is 2.65. The van der Waals surface area contributed by atoms with Gasteiger partial charge in [0.15, 0.2) is 0 Å². The van der Waals surface area contributed by atoms with Crippen LogP contribution < -0.4 is 0 Å². The largest absolute Gasteiger partial charge is 0.477 e. The maximum atomic E-state index is 10.6. The van der Waals surface area contributed by atoms with Gasteiger partial charge in [-0.25, -0.2) is 9.78 Å². The first kappa shape index (κ1) is 9.86. The van der Waals surface area contributed by atoms with Gasteiger partial charge in [-0.15, -0.1) is 11.3 Å². The van der Waals surface area contributed by atoms with Gasteiger partial charge in [0.05, 0.1) is 0 Å². The molecule has 0 saturated carbocycles. The van der Waals surface area contributed by atoms with E-state index in [2.05, 4.69) is 11.1 Å². The van der Waals surface area contributed by atoms with Gasteiger partial charge in [0, 0.05) is 16.6 Å². The van der Waals surface area contributed by atoms with Crippen LogP contribution in [0.25, 0.3) is 11.1 Å². The number of aryl methyl sites for hydroxylation is 1. The van der Waals surface area contributed by atoms with Crippen molar-refractivity contribution in [2.75, 3.05) is 0 Å². The van der Waals surface area contributed by atoms with E-state index in [-0.39, 0.29) is 5.69 Å². The normalized spacial score (nSPS) is 10.2. The molecule has 76 valence electrons. The van der Waals surface area contributed by atoms with Crippen molar-refractivity contribution in [2.24, 2.45) is 0 Å². The van der Waals surface area contributed by atoms with Crippen LogP contribution in [-0.4, -0.2) is 16.1 Å². The smallest absolute Gasteiger partial charge is 0.354 e. The lowest BCUT2D eigenvalue weighted by molar-refractivity contribution is 0.0690. The van der Waals surface area contributed by atoms with Crippen LogP contribution in [0.2, 0.25) is 0 Å². The fraction of sp³-hybridized carbons (Fsp3) is 0.0909. The monoisotopic (exact) mass is 219 g/mol. The number of thiophene rings is 1. The summed E-state index contributed by atoms with van der Waals surface area (Å²) in [6.07, 6.45) is 1.59. The van der Waals surface area contributed by atoms with Crippen molar-refractivity contribution in [3.8, 4) is 11.1 Å². The fourth-order valence-corrected chi connectivity index (χ4v) is 2.00. The number of aromatic carboxylic acids is 1. The second kappa shape index (κ2) is 3.82. The van der Waals surface area contributed by atoms with Gasteiger partial charge < -0.3 is 5.11 Å². The zero-order valence-corrected chi connectivity index (χ0v) is 8.91. The van der Waals surface area contributed by atoms with E-state index in [1.807, 2.05) is 12.3 Å². The van der Waals surface area contributed by atoms with E-state index in [4.69, 9.17) is 5.11 Å². The Morgan fingerprint density at radius 1 is 1.40 bits per heavy atom. The Balaban J connectivity index is 2.35. The summed E-state index contributed by atoms with van der Waals surface area (Å²) in [5.41, 5.74) is 2.11. The molecule has 2 aromatic rings. The number of hydrogen-bond acceptors (Lipinski definition) is 3. The highest BCUT2D eigenvalue weighted by Crippen LogP contribution is 2.24. The lowest BCUT2D eigenvalue weighted by Crippen LogP contribution is -1.98. The number of rotatable bonds is 2. The number of aromatic nitrogens is 1. The lowest BCUT2D eigenvalue weighted by atomic mass is 10.1. The zero-order valence-electron chi connectivity index (χ0n) is 8.10. The van der Waals surface area contributed by atoms with Crippen molar-refractivity contribution < 1.29 is 9.90 Å². The average molecular weight is 219 g/mol. The van der Waals surface area contributed by atoms with Crippen LogP contribution in [0.3, 0.4) is 0 Å². The molecule has 0 fully saturated rings. The molecule has 0 aromatic carbocycles. The number of nitrogens with zero attached hydrogens (tertiary/aromatic N) is 1. The standard InChI is InChI=1S/C11H9NO2S/c1-7-4-9(6-15-7)8-2-3-10(11(13)14)12-5-8/h2-6H,1H3,(H,13,14). The maximum Gasteiger partial charge on any atom is 0.354 e. The van der Waals surface area contributed by atoms with E-state index in [0.717, 1.165) is 11.1 Å². The van der Waals surface area contributed by atoms with Crippen LogP contribution >= 0.6 is 11.3 Å². The quantitative estimate of drug-likeness (QED) is 0.844. The number of carboxylic acids is 1. The van der Waals surface area contributed by atoms with Crippen molar-refractivity contribution in [1.29, 1.82) is 0 Å². The molecule has 0 atom stereocenters. The second-order valence-electron chi connectivity index (χ2n) is 3.18. The highest BCUT2D eigenvalue weighted by Gasteiger charge is 2.05. The summed E-state index contributed by atoms with van der Waals surface area (Å²) in [5.74, 6) is -0.997. The molecule has 0 aliphatic carbocycles. The molecule has 3 nitrogen and oxygen atoms in total. The van der Waals surface area contributed by atoms with Gasteiger partial charge in [-0.1, -0.05) is 6.07 Å². The Hall–Kier alpha value is -1.68. The molecule has 0 radical (unpaired) electrons. The molecule has 0 bridgehead atoms. The summed E-state index contributed by atoms with van der Waals surface area (Å²) in [7, 11) is 0. The third-order valence-corrected chi connectivity index (χ3v) is 2.91. The maximum absolute atomic E-state index is 10.6. The molecule has 0 spiro atoms. The Bertz CT molecular complexity index is 488. The van der Waals surface area contributed by atoms with Crippen LogP contribution in [0.15, 0.2) is 29.8 Å². The number of pyridine rings is 1. The van der Waals surface area contributed by atoms with Crippen LogP contribution in [0, 0.1) is 6.92 Å². The topological polar surface area (TPSA) is 50.2 Å². The molecule has 2 aromatic heterocycles. The van der Waals surface area contributed by atoms with E-state index in [9.17, 15) is 4.79 Å². The Labute approximate surface area is 91.0 Å². The minimum Gasteiger partial charge on any atom is -0.477 e. The van der Waals surface area contributed by atoms with E-state index >= 15 is 0 Å². The van der Waals surface area contributed by atoms with Crippen LogP contribution in [0.1, 0.15) is 15.4 Å². The predicted molar refractivity (Wildman–Crippen MR) is 59.2 cm³/mol. The molecule has 0 aliphatic heterocycles. The van der Waals surface area contributed by atoms with Crippen molar-refractivity contribution in [3.63, 3.8) is 0 Å². The summed E-state index contributed by atoms with van der Waals surface area (Å²) in [6.45, 7) is 2.03. The van der Waals surface area contributed by atoms with Crippen LogP contribution in [0.4, 0.5) is 0 Å². The van der Waals surface area contributed by atoms with E-state index < -0.39 is 5.97 Å². The number of carbonyl (C=O) groups is 1. The van der Waals surface area contributed by atoms with Crippen LogP contribution in [-0.2, 0) is 0 Å². The molecular weight excluding hydrogens is 210 g/mol. The third kappa shape index (κ3) is 2.05. The molecule has 0 unspecified atom stereocenters. The first-order chi connectivity index (χ1) is 7.16. The minimum absolute atomic E-state index is 0.0747. The number of hydrogen-bond donors (Lipinski definition) is 1. The molecule has 4 heteroatoms. The molecule has 15 heavy (non-hydrogen) atoms.